The highest BCUT2D eigenvalue weighted by molar-refractivity contribution is 7.07. The zero-order valence-electron chi connectivity index (χ0n) is 5.66. The minimum absolute atomic E-state index is 1.39. The Balaban J connectivity index is 0.000000112. The zero-order valence-corrected chi connectivity index (χ0v) is 6.48. The van der Waals surface area contributed by atoms with E-state index in [4.69, 9.17) is 0 Å². The molecule has 0 atom stereocenters. The van der Waals surface area contributed by atoms with Crippen LogP contribution in [0.3, 0.4) is 0 Å². The summed E-state index contributed by atoms with van der Waals surface area (Å²) in [7, 11) is 0. The molecule has 0 radical (unpaired) electrons. The molecule has 0 N–H and O–H groups in total. The van der Waals surface area contributed by atoms with Crippen molar-refractivity contribution in [3.05, 3.63) is 35.8 Å². The van der Waals surface area contributed by atoms with Crippen LogP contribution in [0.1, 0.15) is 0 Å². The highest BCUT2D eigenvalue weighted by atomic mass is 32.1. The van der Waals surface area contributed by atoms with Gasteiger partial charge in [-0.2, -0.15) is 5.10 Å². The molecule has 2 rings (SSSR count). The first kappa shape index (κ1) is 7.74. The lowest BCUT2D eigenvalue weighted by Crippen LogP contribution is -1.75. The van der Waals surface area contributed by atoms with Crippen LogP contribution in [0.5, 0.6) is 0 Å². The summed E-state index contributed by atoms with van der Waals surface area (Å²) in [6.45, 7) is 0. The molecule has 4 nitrogen and oxygen atoms in total. The Morgan fingerprint density at radius 1 is 0.909 bits per heavy atom. The number of hydrogen-bond donors (Lipinski definition) is 0. The quantitative estimate of drug-likeness (QED) is 0.586. The molecule has 2 heterocycles. The standard InChI is InChI=1S/C3H3N3.C3H3NS/c1-2-5-6-3-4-1;1-2-5-3-4-1/h1-3H;1-3H. The molecule has 0 saturated heterocycles. The van der Waals surface area contributed by atoms with Gasteiger partial charge in [0.1, 0.15) is 6.33 Å². The van der Waals surface area contributed by atoms with Gasteiger partial charge in [-0.15, -0.1) is 16.4 Å². The molecule has 0 saturated carbocycles. The maximum atomic E-state index is 3.74. The summed E-state index contributed by atoms with van der Waals surface area (Å²) in [6.07, 6.45) is 6.26. The van der Waals surface area contributed by atoms with Crippen LogP contribution in [0.4, 0.5) is 0 Å². The Labute approximate surface area is 68.0 Å². The smallest absolute Gasteiger partial charge is 0.138 e. The van der Waals surface area contributed by atoms with Crippen molar-refractivity contribution in [3.8, 4) is 0 Å². The van der Waals surface area contributed by atoms with Gasteiger partial charge in [0.15, 0.2) is 0 Å². The van der Waals surface area contributed by atoms with E-state index in [0.717, 1.165) is 0 Å². The minimum atomic E-state index is 1.39. The number of hydrogen-bond acceptors (Lipinski definition) is 5. The third-order valence-electron chi connectivity index (χ3n) is 0.752. The molecule has 0 amide bonds. The van der Waals surface area contributed by atoms with Crippen molar-refractivity contribution < 1.29 is 0 Å². The topological polar surface area (TPSA) is 51.6 Å². The molecular formula is C6H6N4S. The van der Waals surface area contributed by atoms with Crippen LogP contribution < -0.4 is 0 Å². The maximum Gasteiger partial charge on any atom is 0.138 e. The fourth-order valence-electron chi connectivity index (χ4n) is 0.381. The Kier molecular flexibility index (Phi) is 3.82. The van der Waals surface area contributed by atoms with Crippen LogP contribution in [0.25, 0.3) is 0 Å². The molecular weight excluding hydrogens is 160 g/mol. The van der Waals surface area contributed by atoms with Crippen LogP contribution in [0, 0.1) is 0 Å². The number of rotatable bonds is 0. The normalized spacial score (nSPS) is 8.00. The Morgan fingerprint density at radius 2 is 1.91 bits per heavy atom. The van der Waals surface area contributed by atoms with E-state index in [9.17, 15) is 0 Å². The van der Waals surface area contributed by atoms with Gasteiger partial charge in [0.2, 0.25) is 0 Å². The third kappa shape index (κ3) is 4.10. The van der Waals surface area contributed by atoms with E-state index in [-0.39, 0.29) is 0 Å². The van der Waals surface area contributed by atoms with Crippen LogP contribution in [-0.2, 0) is 0 Å². The zero-order chi connectivity index (χ0) is 7.78. The van der Waals surface area contributed by atoms with Gasteiger partial charge in [0.25, 0.3) is 0 Å². The average molecular weight is 166 g/mol. The summed E-state index contributed by atoms with van der Waals surface area (Å²) in [5, 5.41) is 8.83. The summed E-state index contributed by atoms with van der Waals surface area (Å²) >= 11 is 1.60. The lowest BCUT2D eigenvalue weighted by atomic mass is 10.9. The Bertz CT molecular complexity index is 200. The summed E-state index contributed by atoms with van der Waals surface area (Å²) in [4.78, 5) is 7.35. The first-order valence-electron chi connectivity index (χ1n) is 2.89. The van der Waals surface area contributed by atoms with Crippen LogP contribution in [0.2, 0.25) is 0 Å². The van der Waals surface area contributed by atoms with Gasteiger partial charge >= 0.3 is 0 Å². The second-order valence-electron chi connectivity index (χ2n) is 1.47. The second-order valence-corrected chi connectivity index (χ2v) is 2.22. The van der Waals surface area contributed by atoms with Crippen molar-refractivity contribution in [3.63, 3.8) is 0 Å². The lowest BCUT2D eigenvalue weighted by molar-refractivity contribution is 0.969. The van der Waals surface area contributed by atoms with Gasteiger partial charge < -0.3 is 0 Å². The summed E-state index contributed by atoms with van der Waals surface area (Å²) in [5.41, 5.74) is 1.79. The van der Waals surface area contributed by atoms with E-state index in [1.807, 2.05) is 5.38 Å². The van der Waals surface area contributed by atoms with Crippen molar-refractivity contribution in [1.29, 1.82) is 0 Å². The van der Waals surface area contributed by atoms with E-state index in [1.54, 1.807) is 29.2 Å². The molecule has 0 aliphatic carbocycles. The molecule has 0 unspecified atom stereocenters. The van der Waals surface area contributed by atoms with Crippen LogP contribution in [-0.4, -0.2) is 20.2 Å². The average Bonchev–Trinajstić information content (AvgIpc) is 2.64. The largest absolute Gasteiger partial charge is 0.253 e. The summed E-state index contributed by atoms with van der Waals surface area (Å²) in [5.74, 6) is 0. The second kappa shape index (κ2) is 5.43. The van der Waals surface area contributed by atoms with Gasteiger partial charge in [-0.05, 0) is 0 Å². The van der Waals surface area contributed by atoms with E-state index in [2.05, 4.69) is 20.2 Å². The minimum Gasteiger partial charge on any atom is -0.253 e. The highest BCUT2D eigenvalue weighted by Gasteiger charge is 1.60. The molecule has 0 bridgehead atoms. The van der Waals surface area contributed by atoms with E-state index in [1.165, 1.54) is 12.5 Å². The number of aromatic nitrogens is 4. The molecule has 2 aromatic heterocycles. The van der Waals surface area contributed by atoms with Crippen molar-refractivity contribution in [2.24, 2.45) is 0 Å². The lowest BCUT2D eigenvalue weighted by Gasteiger charge is -1.69. The molecule has 0 aliphatic heterocycles. The molecule has 0 aromatic carbocycles. The fraction of sp³-hybridized carbons (Fsp3) is 0. The third-order valence-corrected chi connectivity index (χ3v) is 1.27. The summed E-state index contributed by atoms with van der Waals surface area (Å²) < 4.78 is 0. The Morgan fingerprint density at radius 3 is 2.09 bits per heavy atom. The first-order valence-corrected chi connectivity index (χ1v) is 3.83. The Hall–Kier alpha value is -1.36. The fourth-order valence-corrected chi connectivity index (χ4v) is 0.732. The van der Waals surface area contributed by atoms with Gasteiger partial charge in [-0.3, -0.25) is 4.98 Å². The van der Waals surface area contributed by atoms with Crippen molar-refractivity contribution in [2.45, 2.75) is 0 Å². The predicted molar refractivity (Wildman–Crippen MR) is 41.9 cm³/mol. The molecule has 56 valence electrons. The van der Waals surface area contributed by atoms with E-state index >= 15 is 0 Å². The van der Waals surface area contributed by atoms with Crippen molar-refractivity contribution in [1.82, 2.24) is 20.2 Å². The number of nitrogens with zero attached hydrogens (tertiary/aromatic N) is 4. The van der Waals surface area contributed by atoms with Crippen LogP contribution >= 0.6 is 11.3 Å². The molecule has 0 fully saturated rings. The highest BCUT2D eigenvalue weighted by Crippen LogP contribution is 1.85. The van der Waals surface area contributed by atoms with E-state index < -0.39 is 0 Å². The van der Waals surface area contributed by atoms with Gasteiger partial charge in [0.05, 0.1) is 11.7 Å². The van der Waals surface area contributed by atoms with E-state index in [0.29, 0.717) is 0 Å². The van der Waals surface area contributed by atoms with Crippen LogP contribution in [0.15, 0.2) is 35.8 Å². The molecule has 0 aliphatic rings. The maximum absolute atomic E-state index is 3.74. The SMILES string of the molecule is c1cnncn1.c1cscn1. The summed E-state index contributed by atoms with van der Waals surface area (Å²) in [6, 6.07) is 0. The molecule has 0 spiro atoms. The number of thiazole rings is 1. The monoisotopic (exact) mass is 166 g/mol. The van der Waals surface area contributed by atoms with Gasteiger partial charge in [-0.25, -0.2) is 4.98 Å². The van der Waals surface area contributed by atoms with Crippen molar-refractivity contribution in [2.75, 3.05) is 0 Å². The first-order chi connectivity index (χ1) is 5.50. The van der Waals surface area contributed by atoms with Gasteiger partial charge in [0, 0.05) is 17.8 Å². The predicted octanol–water partition coefficient (Wildman–Crippen LogP) is 1.01. The van der Waals surface area contributed by atoms with Gasteiger partial charge in [-0.1, -0.05) is 0 Å². The van der Waals surface area contributed by atoms with Crippen molar-refractivity contribution >= 4 is 11.3 Å². The molecule has 2 aromatic rings. The molecule has 5 heteroatoms. The molecule has 11 heavy (non-hydrogen) atoms.